The maximum atomic E-state index is 12.5. The molecule has 5 heteroatoms. The first-order valence-electron chi connectivity index (χ1n) is 7.98. The molecule has 0 saturated heterocycles. The molecule has 1 heterocycles. The first-order valence-corrected chi connectivity index (χ1v) is 7.98. The summed E-state index contributed by atoms with van der Waals surface area (Å²) in [5.74, 6) is 1.45. The average Bonchev–Trinajstić information content (AvgIpc) is 2.99. The van der Waals surface area contributed by atoms with Gasteiger partial charge in [-0.15, -0.1) is 0 Å². The molecule has 2 N–H and O–H groups in total. The number of nitrogens with one attached hydrogen (secondary N) is 2. The van der Waals surface area contributed by atoms with Crippen molar-refractivity contribution < 1.29 is 14.3 Å². The van der Waals surface area contributed by atoms with E-state index in [9.17, 15) is 4.79 Å². The summed E-state index contributed by atoms with van der Waals surface area (Å²) in [5, 5.41) is 4.15. The summed E-state index contributed by atoms with van der Waals surface area (Å²) in [7, 11) is 3.23. The van der Waals surface area contributed by atoms with E-state index in [-0.39, 0.29) is 17.9 Å². The summed E-state index contributed by atoms with van der Waals surface area (Å²) in [6.45, 7) is 2.01. The maximum Gasteiger partial charge on any atom is 0.224 e. The number of rotatable bonds is 5. The summed E-state index contributed by atoms with van der Waals surface area (Å²) in [6, 6.07) is 7.87. The van der Waals surface area contributed by atoms with Crippen LogP contribution in [-0.4, -0.2) is 31.2 Å². The summed E-state index contributed by atoms with van der Waals surface area (Å²) < 4.78 is 10.7. The Hall–Kier alpha value is -2.69. The number of amides is 1. The number of para-hydroxylation sites is 1. The number of allylic oxidation sites excluding steroid dienone is 1. The Bertz CT molecular complexity index is 804. The van der Waals surface area contributed by atoms with Crippen molar-refractivity contribution in [1.82, 2.24) is 10.3 Å². The van der Waals surface area contributed by atoms with Gasteiger partial charge in [-0.1, -0.05) is 31.2 Å². The largest absolute Gasteiger partial charge is 0.497 e. The Labute approximate surface area is 141 Å². The average molecular weight is 326 g/mol. The van der Waals surface area contributed by atoms with Crippen LogP contribution in [0, 0.1) is 5.92 Å². The summed E-state index contributed by atoms with van der Waals surface area (Å²) in [4.78, 5) is 15.7. The zero-order valence-corrected chi connectivity index (χ0v) is 14.1. The second-order valence-corrected chi connectivity index (χ2v) is 5.91. The number of aromatic nitrogens is 1. The molecule has 0 fully saturated rings. The number of ether oxygens (including phenoxy) is 2. The second-order valence-electron chi connectivity index (χ2n) is 5.91. The van der Waals surface area contributed by atoms with E-state index in [2.05, 4.69) is 10.3 Å². The van der Waals surface area contributed by atoms with Crippen molar-refractivity contribution in [2.45, 2.75) is 19.4 Å². The van der Waals surface area contributed by atoms with Crippen LogP contribution >= 0.6 is 0 Å². The Morgan fingerprint density at radius 3 is 2.79 bits per heavy atom. The van der Waals surface area contributed by atoms with Gasteiger partial charge >= 0.3 is 0 Å². The van der Waals surface area contributed by atoms with Crippen molar-refractivity contribution in [3.8, 4) is 0 Å². The van der Waals surface area contributed by atoms with Crippen LogP contribution in [-0.2, 0) is 20.7 Å². The van der Waals surface area contributed by atoms with Crippen LogP contribution in [0.3, 0.4) is 0 Å². The van der Waals surface area contributed by atoms with Gasteiger partial charge in [-0.2, -0.15) is 0 Å². The molecular weight excluding hydrogens is 304 g/mol. The van der Waals surface area contributed by atoms with Crippen LogP contribution in [0.2, 0.25) is 0 Å². The number of benzene rings is 1. The fourth-order valence-corrected chi connectivity index (χ4v) is 3.14. The number of aromatic amines is 1. The van der Waals surface area contributed by atoms with Crippen LogP contribution in [0.1, 0.15) is 12.5 Å². The standard InChI is InChI=1S/C19H22N2O3/c1-12-15(8-9-17(23-2)19(12)24-3)21-18(22)10-13-11-20-16-7-5-4-6-14(13)16/h4-9,11-12,15,20H,10H2,1-3H3,(H,21,22). The van der Waals surface area contributed by atoms with Crippen molar-refractivity contribution in [1.29, 1.82) is 0 Å². The highest BCUT2D eigenvalue weighted by atomic mass is 16.5. The number of carbonyl (C=O) groups is 1. The van der Waals surface area contributed by atoms with Crippen molar-refractivity contribution >= 4 is 16.8 Å². The Balaban J connectivity index is 1.70. The van der Waals surface area contributed by atoms with E-state index in [4.69, 9.17) is 9.47 Å². The van der Waals surface area contributed by atoms with Crippen LogP contribution in [0.25, 0.3) is 10.9 Å². The molecule has 0 aliphatic heterocycles. The number of carbonyl (C=O) groups excluding carboxylic acids is 1. The zero-order chi connectivity index (χ0) is 17.1. The molecule has 24 heavy (non-hydrogen) atoms. The molecule has 1 aliphatic carbocycles. The van der Waals surface area contributed by atoms with Gasteiger partial charge in [0.15, 0.2) is 5.76 Å². The summed E-state index contributed by atoms with van der Waals surface area (Å²) in [5.41, 5.74) is 2.04. The maximum absolute atomic E-state index is 12.5. The van der Waals surface area contributed by atoms with Crippen molar-refractivity contribution in [3.05, 3.63) is 59.7 Å². The van der Waals surface area contributed by atoms with E-state index < -0.39 is 0 Å². The Morgan fingerprint density at radius 2 is 2.04 bits per heavy atom. The van der Waals surface area contributed by atoms with Crippen LogP contribution in [0.5, 0.6) is 0 Å². The lowest BCUT2D eigenvalue weighted by Gasteiger charge is -2.28. The molecule has 0 bridgehead atoms. The fraction of sp³-hybridized carbons (Fsp3) is 0.316. The fourth-order valence-electron chi connectivity index (χ4n) is 3.14. The minimum atomic E-state index is -0.114. The number of H-pyrrole nitrogens is 1. The van der Waals surface area contributed by atoms with Gasteiger partial charge in [0.05, 0.1) is 26.7 Å². The van der Waals surface area contributed by atoms with E-state index in [1.165, 1.54) is 0 Å². The highest BCUT2D eigenvalue weighted by Gasteiger charge is 2.27. The van der Waals surface area contributed by atoms with Crippen molar-refractivity contribution in [2.24, 2.45) is 5.92 Å². The minimum absolute atomic E-state index is 0.0156. The molecule has 2 atom stereocenters. The molecule has 2 aromatic rings. The predicted molar refractivity (Wildman–Crippen MR) is 93.3 cm³/mol. The third kappa shape index (κ3) is 3.02. The molecule has 0 radical (unpaired) electrons. The van der Waals surface area contributed by atoms with E-state index >= 15 is 0 Å². The van der Waals surface area contributed by atoms with E-state index in [0.29, 0.717) is 12.2 Å². The Morgan fingerprint density at radius 1 is 1.25 bits per heavy atom. The van der Waals surface area contributed by atoms with Gasteiger partial charge in [-0.05, 0) is 17.7 Å². The third-order valence-corrected chi connectivity index (χ3v) is 4.44. The lowest BCUT2D eigenvalue weighted by molar-refractivity contribution is -0.121. The lowest BCUT2D eigenvalue weighted by Crippen LogP contribution is -2.41. The number of methoxy groups -OCH3 is 2. The first-order chi connectivity index (χ1) is 11.6. The minimum Gasteiger partial charge on any atom is -0.497 e. The normalized spacial score (nSPS) is 20.3. The molecule has 126 valence electrons. The van der Waals surface area contributed by atoms with Crippen LogP contribution < -0.4 is 5.32 Å². The highest BCUT2D eigenvalue weighted by molar-refractivity contribution is 5.89. The Kier molecular flexibility index (Phi) is 4.60. The van der Waals surface area contributed by atoms with E-state index in [1.54, 1.807) is 14.2 Å². The molecule has 1 amide bonds. The zero-order valence-electron chi connectivity index (χ0n) is 14.1. The third-order valence-electron chi connectivity index (χ3n) is 4.44. The van der Waals surface area contributed by atoms with Crippen LogP contribution in [0.4, 0.5) is 0 Å². The van der Waals surface area contributed by atoms with Gasteiger partial charge < -0.3 is 19.8 Å². The quantitative estimate of drug-likeness (QED) is 0.888. The molecular formula is C19H22N2O3. The van der Waals surface area contributed by atoms with Crippen molar-refractivity contribution in [3.63, 3.8) is 0 Å². The molecule has 1 aliphatic rings. The predicted octanol–water partition coefficient (Wildman–Crippen LogP) is 2.91. The number of hydrogen-bond donors (Lipinski definition) is 2. The highest BCUT2D eigenvalue weighted by Crippen LogP contribution is 2.26. The van der Waals surface area contributed by atoms with Gasteiger partial charge in [-0.25, -0.2) is 0 Å². The SMILES string of the molecule is COC1=C(OC)C(C)C(NC(=O)Cc2c[nH]c3ccccc23)C=C1. The summed E-state index contributed by atoms with van der Waals surface area (Å²) in [6.07, 6.45) is 6.02. The van der Waals surface area contributed by atoms with Crippen LogP contribution in [0.15, 0.2) is 54.1 Å². The number of hydrogen-bond acceptors (Lipinski definition) is 3. The smallest absolute Gasteiger partial charge is 0.224 e. The van der Waals surface area contributed by atoms with E-state index in [0.717, 1.165) is 22.2 Å². The summed E-state index contributed by atoms with van der Waals surface area (Å²) >= 11 is 0. The molecule has 0 saturated carbocycles. The number of fused-ring (bicyclic) bond motifs is 1. The first kappa shape index (κ1) is 16.2. The lowest BCUT2D eigenvalue weighted by atomic mass is 9.93. The van der Waals surface area contributed by atoms with Gasteiger partial charge in [0.2, 0.25) is 5.91 Å². The molecule has 1 aromatic carbocycles. The monoisotopic (exact) mass is 326 g/mol. The van der Waals surface area contributed by atoms with E-state index in [1.807, 2.05) is 49.5 Å². The van der Waals surface area contributed by atoms with Gasteiger partial charge in [0.25, 0.3) is 0 Å². The molecule has 2 unspecified atom stereocenters. The topological polar surface area (TPSA) is 63.4 Å². The molecule has 0 spiro atoms. The molecule has 5 nitrogen and oxygen atoms in total. The van der Waals surface area contributed by atoms with Crippen molar-refractivity contribution in [2.75, 3.05) is 14.2 Å². The second kappa shape index (κ2) is 6.83. The molecule has 1 aromatic heterocycles. The van der Waals surface area contributed by atoms with Gasteiger partial charge in [-0.3, -0.25) is 4.79 Å². The molecule has 3 rings (SSSR count). The van der Waals surface area contributed by atoms with Gasteiger partial charge in [0.1, 0.15) is 5.76 Å². The van der Waals surface area contributed by atoms with Gasteiger partial charge in [0, 0.05) is 23.0 Å².